The quantitative estimate of drug-likeness (QED) is 0.859. The van der Waals surface area contributed by atoms with Gasteiger partial charge in [0, 0.05) is 24.3 Å². The first-order chi connectivity index (χ1) is 10.1. The lowest BCUT2D eigenvalue weighted by Gasteiger charge is -2.39. The molecule has 1 aromatic rings. The van der Waals surface area contributed by atoms with E-state index in [0.717, 1.165) is 30.6 Å². The molecule has 110 valence electrons. The van der Waals surface area contributed by atoms with E-state index in [2.05, 4.69) is 16.3 Å². The van der Waals surface area contributed by atoms with Crippen molar-refractivity contribution in [3.63, 3.8) is 0 Å². The van der Waals surface area contributed by atoms with Crippen molar-refractivity contribution in [3.8, 4) is 6.07 Å². The monoisotopic (exact) mass is 285 g/mol. The predicted octanol–water partition coefficient (Wildman–Crippen LogP) is 1.33. The number of aliphatic hydroxyl groups is 1. The third-order valence-corrected chi connectivity index (χ3v) is 4.52. The topological polar surface area (TPSA) is 76.4 Å². The van der Waals surface area contributed by atoms with Gasteiger partial charge in [-0.2, -0.15) is 5.26 Å². The van der Waals surface area contributed by atoms with Gasteiger partial charge in [0.15, 0.2) is 0 Å². The lowest BCUT2D eigenvalue weighted by molar-refractivity contribution is -0.122. The van der Waals surface area contributed by atoms with Crippen LogP contribution in [0.2, 0.25) is 0 Å². The number of nitrogens with zero attached hydrogens (tertiary/aromatic N) is 2. The lowest BCUT2D eigenvalue weighted by Crippen LogP contribution is -2.46. The number of nitrogens with one attached hydrogen (secondary N) is 1. The Hall–Kier alpha value is -2.06. The van der Waals surface area contributed by atoms with Gasteiger partial charge in [-0.15, -0.1) is 0 Å². The van der Waals surface area contributed by atoms with Crippen molar-refractivity contribution < 1.29 is 9.90 Å². The van der Waals surface area contributed by atoms with Crippen LogP contribution in [0.4, 0.5) is 5.69 Å². The van der Waals surface area contributed by atoms with Crippen LogP contribution in [-0.4, -0.2) is 30.1 Å². The molecule has 0 spiro atoms. The van der Waals surface area contributed by atoms with Gasteiger partial charge >= 0.3 is 0 Å². The highest BCUT2D eigenvalue weighted by molar-refractivity contribution is 5.83. The molecule has 0 radical (unpaired) electrons. The van der Waals surface area contributed by atoms with Crippen LogP contribution in [0.25, 0.3) is 0 Å². The number of nitriles is 1. The average molecular weight is 285 g/mol. The van der Waals surface area contributed by atoms with Gasteiger partial charge in [-0.3, -0.25) is 4.79 Å². The van der Waals surface area contributed by atoms with E-state index in [1.807, 2.05) is 12.1 Å². The molecule has 2 heterocycles. The third-order valence-electron chi connectivity index (χ3n) is 4.52. The van der Waals surface area contributed by atoms with E-state index in [1.165, 1.54) is 0 Å². The second-order valence-corrected chi connectivity index (χ2v) is 5.82. The summed E-state index contributed by atoms with van der Waals surface area (Å²) in [6.07, 6.45) is 1.26. The number of anilines is 1. The van der Waals surface area contributed by atoms with Crippen LogP contribution in [0.5, 0.6) is 0 Å². The summed E-state index contributed by atoms with van der Waals surface area (Å²) in [6.45, 7) is 3.22. The minimum atomic E-state index is -0.599. The third kappa shape index (κ3) is 2.36. The van der Waals surface area contributed by atoms with Gasteiger partial charge in [0.1, 0.15) is 0 Å². The summed E-state index contributed by atoms with van der Waals surface area (Å²) >= 11 is 0. The van der Waals surface area contributed by atoms with E-state index in [0.29, 0.717) is 12.1 Å². The molecule has 5 heteroatoms. The van der Waals surface area contributed by atoms with Crippen LogP contribution in [-0.2, 0) is 4.79 Å². The number of carbonyl (C=O) groups excluding carboxylic acids is 1. The van der Waals surface area contributed by atoms with Crippen molar-refractivity contribution in [3.05, 3.63) is 29.3 Å². The Bertz CT molecular complexity index is 606. The number of amides is 1. The van der Waals surface area contributed by atoms with Crippen molar-refractivity contribution in [2.45, 2.75) is 31.9 Å². The molecule has 0 bridgehead atoms. The largest absolute Gasteiger partial charge is 0.389 e. The molecule has 3 rings (SSSR count). The zero-order valence-electron chi connectivity index (χ0n) is 12.0. The molecule has 2 fully saturated rings. The second kappa shape index (κ2) is 5.38. The summed E-state index contributed by atoms with van der Waals surface area (Å²) < 4.78 is 0. The highest BCUT2D eigenvalue weighted by Crippen LogP contribution is 2.35. The first-order valence-electron chi connectivity index (χ1n) is 7.38. The summed E-state index contributed by atoms with van der Waals surface area (Å²) in [4.78, 5) is 14.1. The Morgan fingerprint density at radius 2 is 2.33 bits per heavy atom. The number of rotatable bonds is 2. The van der Waals surface area contributed by atoms with Crippen LogP contribution in [0, 0.1) is 17.2 Å². The zero-order valence-corrected chi connectivity index (χ0v) is 12.0. The van der Waals surface area contributed by atoms with Crippen molar-refractivity contribution in [1.82, 2.24) is 5.32 Å². The minimum absolute atomic E-state index is 0.0198. The van der Waals surface area contributed by atoms with Gasteiger partial charge in [0.2, 0.25) is 5.91 Å². The Morgan fingerprint density at radius 3 is 3.05 bits per heavy atom. The molecule has 1 amide bonds. The molecule has 2 aliphatic rings. The summed E-state index contributed by atoms with van der Waals surface area (Å²) in [5, 5.41) is 22.1. The highest BCUT2D eigenvalue weighted by atomic mass is 16.3. The first kappa shape index (κ1) is 13.9. The van der Waals surface area contributed by atoms with Crippen LogP contribution in [0.3, 0.4) is 0 Å². The molecule has 21 heavy (non-hydrogen) atoms. The maximum absolute atomic E-state index is 11.9. The molecule has 0 aromatic heterocycles. The Balaban J connectivity index is 2.02. The summed E-state index contributed by atoms with van der Waals surface area (Å²) in [6, 6.07) is 7.64. The lowest BCUT2D eigenvalue weighted by atomic mass is 9.90. The molecule has 0 aliphatic carbocycles. The smallest absolute Gasteiger partial charge is 0.225 e. The molecule has 1 aromatic carbocycles. The van der Waals surface area contributed by atoms with Gasteiger partial charge in [-0.05, 0) is 31.9 Å². The fourth-order valence-electron chi connectivity index (χ4n) is 3.47. The van der Waals surface area contributed by atoms with Crippen molar-refractivity contribution in [1.29, 1.82) is 5.26 Å². The Morgan fingerprint density at radius 1 is 1.52 bits per heavy atom. The van der Waals surface area contributed by atoms with E-state index < -0.39 is 6.10 Å². The SMILES string of the molecule is C[C@H](O)c1ccc(C#N)cc1N1CCCC2C(=O)NCC21. The molecule has 5 nitrogen and oxygen atoms in total. The van der Waals surface area contributed by atoms with Crippen molar-refractivity contribution in [2.75, 3.05) is 18.0 Å². The zero-order chi connectivity index (χ0) is 15.0. The van der Waals surface area contributed by atoms with Crippen molar-refractivity contribution in [2.24, 2.45) is 5.92 Å². The van der Waals surface area contributed by atoms with Crippen LogP contribution in [0.15, 0.2) is 18.2 Å². The second-order valence-electron chi connectivity index (χ2n) is 5.82. The fourth-order valence-corrected chi connectivity index (χ4v) is 3.47. The Kier molecular flexibility index (Phi) is 3.56. The number of piperidine rings is 1. The number of hydrogen-bond acceptors (Lipinski definition) is 4. The maximum atomic E-state index is 11.9. The van der Waals surface area contributed by atoms with Crippen LogP contribution < -0.4 is 10.2 Å². The summed E-state index contributed by atoms with van der Waals surface area (Å²) in [7, 11) is 0. The molecule has 2 N–H and O–H groups in total. The van der Waals surface area contributed by atoms with Crippen molar-refractivity contribution >= 4 is 11.6 Å². The number of fused-ring (bicyclic) bond motifs is 1. The number of carbonyl (C=O) groups is 1. The first-order valence-corrected chi connectivity index (χ1v) is 7.38. The molecule has 3 atom stereocenters. The van der Waals surface area contributed by atoms with E-state index >= 15 is 0 Å². The van der Waals surface area contributed by atoms with Gasteiger partial charge in [-0.1, -0.05) is 6.07 Å². The highest BCUT2D eigenvalue weighted by Gasteiger charge is 2.41. The molecule has 2 saturated heterocycles. The van der Waals surface area contributed by atoms with Crippen LogP contribution >= 0.6 is 0 Å². The average Bonchev–Trinajstić information content (AvgIpc) is 2.88. The minimum Gasteiger partial charge on any atom is -0.389 e. The number of aliphatic hydroxyl groups excluding tert-OH is 1. The number of benzene rings is 1. The van der Waals surface area contributed by atoms with E-state index in [-0.39, 0.29) is 17.9 Å². The standard InChI is InChI=1S/C16H19N3O2/c1-10(20)12-5-4-11(8-17)7-14(12)19-6-2-3-13-15(19)9-18-16(13)21/h4-5,7,10,13,15,20H,2-3,6,9H2,1H3,(H,18,21)/t10-,13?,15?/m0/s1. The summed E-state index contributed by atoms with van der Waals surface area (Å²) in [5.41, 5.74) is 2.28. The fraction of sp³-hybridized carbons (Fsp3) is 0.500. The van der Waals surface area contributed by atoms with E-state index in [1.54, 1.807) is 13.0 Å². The number of hydrogen-bond donors (Lipinski definition) is 2. The van der Waals surface area contributed by atoms with Gasteiger partial charge in [0.05, 0.1) is 29.7 Å². The molecule has 2 aliphatic heterocycles. The normalized spacial score (nSPS) is 26.0. The summed E-state index contributed by atoms with van der Waals surface area (Å²) in [5.74, 6) is 0.145. The van der Waals surface area contributed by atoms with E-state index in [9.17, 15) is 9.90 Å². The predicted molar refractivity (Wildman–Crippen MR) is 78.7 cm³/mol. The van der Waals surface area contributed by atoms with E-state index in [4.69, 9.17) is 5.26 Å². The molecule has 2 unspecified atom stereocenters. The van der Waals surface area contributed by atoms with Gasteiger partial charge in [0.25, 0.3) is 0 Å². The molecular formula is C16H19N3O2. The van der Waals surface area contributed by atoms with Gasteiger partial charge < -0.3 is 15.3 Å². The molecule has 0 saturated carbocycles. The maximum Gasteiger partial charge on any atom is 0.225 e. The molecular weight excluding hydrogens is 266 g/mol. The van der Waals surface area contributed by atoms with Crippen LogP contribution in [0.1, 0.15) is 37.0 Å². The Labute approximate surface area is 124 Å². The van der Waals surface area contributed by atoms with Gasteiger partial charge in [-0.25, -0.2) is 0 Å².